The van der Waals surface area contributed by atoms with E-state index in [1.165, 1.54) is 0 Å². The maximum atomic E-state index is 12.2. The number of aryl methyl sites for hydroxylation is 2. The summed E-state index contributed by atoms with van der Waals surface area (Å²) in [4.78, 5) is 12.2. The van der Waals surface area contributed by atoms with Gasteiger partial charge in [-0.2, -0.15) is 5.10 Å². The molecular weight excluding hydrogens is 316 g/mol. The Bertz CT molecular complexity index is 798. The summed E-state index contributed by atoms with van der Waals surface area (Å²) >= 11 is 0. The molecule has 0 aliphatic rings. The standard InChI is InChI=1S/C20H24N2O3/c1-13-6-7-14(2)17(10-13)15(3)21-22-20(23)12-16-8-9-18(24-4)19(11-16)25-5/h6-11H,12H2,1-5H3,(H,22,23)/b21-15-. The van der Waals surface area contributed by atoms with Gasteiger partial charge >= 0.3 is 0 Å². The van der Waals surface area contributed by atoms with Gasteiger partial charge in [0.25, 0.3) is 0 Å². The lowest BCUT2D eigenvalue weighted by molar-refractivity contribution is -0.120. The van der Waals surface area contributed by atoms with Crippen molar-refractivity contribution < 1.29 is 14.3 Å². The van der Waals surface area contributed by atoms with Crippen LogP contribution in [-0.4, -0.2) is 25.8 Å². The predicted octanol–water partition coefficient (Wildman–Crippen LogP) is 3.40. The average Bonchev–Trinajstić information content (AvgIpc) is 2.61. The fourth-order valence-electron chi connectivity index (χ4n) is 2.55. The molecule has 5 heteroatoms. The third-order valence-corrected chi connectivity index (χ3v) is 3.94. The first-order chi connectivity index (χ1) is 11.9. The summed E-state index contributed by atoms with van der Waals surface area (Å²) in [6, 6.07) is 11.6. The molecule has 25 heavy (non-hydrogen) atoms. The first-order valence-corrected chi connectivity index (χ1v) is 8.06. The first-order valence-electron chi connectivity index (χ1n) is 8.06. The van der Waals surface area contributed by atoms with Crippen molar-refractivity contribution in [1.82, 2.24) is 5.43 Å². The SMILES string of the molecule is COc1ccc(CC(=O)N/N=C(/C)c2cc(C)ccc2C)cc1OC. The van der Waals surface area contributed by atoms with Gasteiger partial charge in [0.2, 0.25) is 5.91 Å². The molecule has 2 aromatic rings. The van der Waals surface area contributed by atoms with Gasteiger partial charge in [0.1, 0.15) is 0 Å². The Kier molecular flexibility index (Phi) is 6.17. The third-order valence-electron chi connectivity index (χ3n) is 3.94. The van der Waals surface area contributed by atoms with Gasteiger partial charge in [-0.05, 0) is 50.1 Å². The zero-order chi connectivity index (χ0) is 18.4. The Morgan fingerprint density at radius 1 is 1.04 bits per heavy atom. The molecule has 0 aliphatic heterocycles. The van der Waals surface area contributed by atoms with Crippen molar-refractivity contribution in [2.45, 2.75) is 27.2 Å². The molecule has 0 heterocycles. The lowest BCUT2D eigenvalue weighted by Crippen LogP contribution is -2.21. The Hall–Kier alpha value is -2.82. The van der Waals surface area contributed by atoms with Gasteiger partial charge in [-0.25, -0.2) is 5.43 Å². The normalized spacial score (nSPS) is 11.2. The van der Waals surface area contributed by atoms with Crippen molar-refractivity contribution in [1.29, 1.82) is 0 Å². The monoisotopic (exact) mass is 340 g/mol. The van der Waals surface area contributed by atoms with Gasteiger partial charge < -0.3 is 9.47 Å². The van der Waals surface area contributed by atoms with E-state index in [9.17, 15) is 4.79 Å². The molecule has 0 saturated heterocycles. The number of ether oxygens (including phenoxy) is 2. The van der Waals surface area contributed by atoms with E-state index in [0.717, 1.165) is 28.0 Å². The van der Waals surface area contributed by atoms with Crippen molar-refractivity contribution in [2.75, 3.05) is 14.2 Å². The highest BCUT2D eigenvalue weighted by Crippen LogP contribution is 2.27. The summed E-state index contributed by atoms with van der Waals surface area (Å²) in [6.07, 6.45) is 0.212. The van der Waals surface area contributed by atoms with E-state index in [1.54, 1.807) is 26.4 Å². The Morgan fingerprint density at radius 3 is 2.44 bits per heavy atom. The quantitative estimate of drug-likeness (QED) is 0.647. The number of rotatable bonds is 6. The summed E-state index contributed by atoms with van der Waals surface area (Å²) in [5.74, 6) is 1.05. The Morgan fingerprint density at radius 2 is 1.76 bits per heavy atom. The minimum absolute atomic E-state index is 0.183. The van der Waals surface area contributed by atoms with Gasteiger partial charge in [0.05, 0.1) is 26.4 Å². The molecule has 2 rings (SSSR count). The first kappa shape index (κ1) is 18.5. The van der Waals surface area contributed by atoms with E-state index in [-0.39, 0.29) is 12.3 Å². The lowest BCUT2D eigenvalue weighted by Gasteiger charge is -2.09. The molecule has 0 radical (unpaired) electrons. The number of hydrogen-bond donors (Lipinski definition) is 1. The number of hydrogen-bond acceptors (Lipinski definition) is 4. The van der Waals surface area contributed by atoms with E-state index >= 15 is 0 Å². The summed E-state index contributed by atoms with van der Waals surface area (Å²) in [6.45, 7) is 5.95. The molecular formula is C20H24N2O3. The number of nitrogens with zero attached hydrogens (tertiary/aromatic N) is 1. The number of carbonyl (C=O) groups is 1. The fraction of sp³-hybridized carbons (Fsp3) is 0.300. The molecule has 0 unspecified atom stereocenters. The van der Waals surface area contributed by atoms with Crippen LogP contribution in [0.3, 0.4) is 0 Å². The van der Waals surface area contributed by atoms with Gasteiger partial charge in [-0.15, -0.1) is 0 Å². The molecule has 1 amide bonds. The molecule has 0 fully saturated rings. The third kappa shape index (κ3) is 4.83. The highest BCUT2D eigenvalue weighted by atomic mass is 16.5. The summed E-state index contributed by atoms with van der Waals surface area (Å²) in [5, 5.41) is 4.23. The zero-order valence-electron chi connectivity index (χ0n) is 15.3. The van der Waals surface area contributed by atoms with Gasteiger partial charge in [-0.3, -0.25) is 4.79 Å². The molecule has 5 nitrogen and oxygen atoms in total. The van der Waals surface area contributed by atoms with Crippen LogP contribution in [0.5, 0.6) is 11.5 Å². The Labute approximate surface area is 148 Å². The van der Waals surface area contributed by atoms with Crippen LogP contribution in [0.2, 0.25) is 0 Å². The van der Waals surface area contributed by atoms with Crippen LogP contribution in [-0.2, 0) is 11.2 Å². The van der Waals surface area contributed by atoms with E-state index in [2.05, 4.69) is 28.7 Å². The highest BCUT2D eigenvalue weighted by molar-refractivity contribution is 6.00. The van der Waals surface area contributed by atoms with Crippen LogP contribution in [0.15, 0.2) is 41.5 Å². The number of methoxy groups -OCH3 is 2. The van der Waals surface area contributed by atoms with Crippen LogP contribution < -0.4 is 14.9 Å². The van der Waals surface area contributed by atoms with E-state index in [1.807, 2.05) is 26.8 Å². The van der Waals surface area contributed by atoms with E-state index in [4.69, 9.17) is 9.47 Å². The summed E-state index contributed by atoms with van der Waals surface area (Å²) in [5.41, 5.74) is 7.55. The largest absolute Gasteiger partial charge is 0.493 e. The van der Waals surface area contributed by atoms with Crippen LogP contribution in [0.1, 0.15) is 29.2 Å². The lowest BCUT2D eigenvalue weighted by atomic mass is 10.0. The van der Waals surface area contributed by atoms with Gasteiger partial charge in [0.15, 0.2) is 11.5 Å². The molecule has 0 atom stereocenters. The average molecular weight is 340 g/mol. The molecule has 0 spiro atoms. The molecule has 0 aromatic heterocycles. The maximum absolute atomic E-state index is 12.2. The van der Waals surface area contributed by atoms with Crippen molar-refractivity contribution in [3.8, 4) is 11.5 Å². The minimum Gasteiger partial charge on any atom is -0.493 e. The van der Waals surface area contributed by atoms with Crippen LogP contribution >= 0.6 is 0 Å². The predicted molar refractivity (Wildman–Crippen MR) is 99.5 cm³/mol. The maximum Gasteiger partial charge on any atom is 0.244 e. The van der Waals surface area contributed by atoms with E-state index in [0.29, 0.717) is 11.5 Å². The number of hydrazone groups is 1. The van der Waals surface area contributed by atoms with E-state index < -0.39 is 0 Å². The second-order valence-electron chi connectivity index (χ2n) is 5.92. The zero-order valence-corrected chi connectivity index (χ0v) is 15.3. The number of amides is 1. The summed E-state index contributed by atoms with van der Waals surface area (Å²) in [7, 11) is 3.15. The van der Waals surface area contributed by atoms with Crippen LogP contribution in [0.4, 0.5) is 0 Å². The van der Waals surface area contributed by atoms with Crippen molar-refractivity contribution in [3.05, 3.63) is 58.7 Å². The molecule has 1 N–H and O–H groups in total. The Balaban J connectivity index is 2.06. The van der Waals surface area contributed by atoms with Crippen LogP contribution in [0.25, 0.3) is 0 Å². The molecule has 2 aromatic carbocycles. The van der Waals surface area contributed by atoms with Crippen molar-refractivity contribution in [2.24, 2.45) is 5.10 Å². The molecule has 0 saturated carbocycles. The number of benzene rings is 2. The molecule has 0 bridgehead atoms. The van der Waals surface area contributed by atoms with Crippen LogP contribution in [0, 0.1) is 13.8 Å². The fourth-order valence-corrected chi connectivity index (χ4v) is 2.55. The second kappa shape index (κ2) is 8.33. The highest BCUT2D eigenvalue weighted by Gasteiger charge is 2.09. The second-order valence-corrected chi connectivity index (χ2v) is 5.92. The van der Waals surface area contributed by atoms with Gasteiger partial charge in [0, 0.05) is 5.56 Å². The summed E-state index contributed by atoms with van der Waals surface area (Å²) < 4.78 is 10.5. The number of nitrogens with one attached hydrogen (secondary N) is 1. The molecule has 0 aliphatic carbocycles. The smallest absolute Gasteiger partial charge is 0.244 e. The van der Waals surface area contributed by atoms with Crippen molar-refractivity contribution in [3.63, 3.8) is 0 Å². The minimum atomic E-state index is -0.183. The topological polar surface area (TPSA) is 59.9 Å². The van der Waals surface area contributed by atoms with Crippen molar-refractivity contribution >= 4 is 11.6 Å². The molecule has 132 valence electrons. The van der Waals surface area contributed by atoms with Gasteiger partial charge in [-0.1, -0.05) is 23.8 Å². The number of carbonyl (C=O) groups excluding carboxylic acids is 1.